The predicted octanol–water partition coefficient (Wildman–Crippen LogP) is 5.17. The molecule has 1 N–H and O–H groups in total. The van der Waals surface area contributed by atoms with Crippen molar-refractivity contribution in [3.05, 3.63) is 76.8 Å². The maximum Gasteiger partial charge on any atom is 0.224 e. The Morgan fingerprint density at radius 1 is 0.909 bits per heavy atom. The normalized spacial score (nSPS) is 10.6. The van der Waals surface area contributed by atoms with Gasteiger partial charge in [-0.2, -0.15) is 0 Å². The number of benzene rings is 3. The first-order valence-corrected chi connectivity index (χ1v) is 8.04. The Bertz CT molecular complexity index is 791. The molecule has 0 spiro atoms. The highest BCUT2D eigenvalue weighted by atomic mass is 79.9. The number of nitrogens with one attached hydrogen (secondary N) is 1. The SMILES string of the molecule is O=C(CCc1cccc2ccccc12)Nc1ccc(Br)cc1. The van der Waals surface area contributed by atoms with E-state index in [2.05, 4.69) is 45.5 Å². The summed E-state index contributed by atoms with van der Waals surface area (Å²) in [4.78, 5) is 12.1. The van der Waals surface area contributed by atoms with Gasteiger partial charge in [-0.05, 0) is 47.0 Å². The first-order chi connectivity index (χ1) is 10.7. The molecule has 0 saturated heterocycles. The first-order valence-electron chi connectivity index (χ1n) is 7.24. The van der Waals surface area contributed by atoms with E-state index in [1.165, 1.54) is 16.3 Å². The lowest BCUT2D eigenvalue weighted by Gasteiger charge is -2.08. The van der Waals surface area contributed by atoms with E-state index in [0.29, 0.717) is 6.42 Å². The Labute approximate surface area is 138 Å². The van der Waals surface area contributed by atoms with Crippen LogP contribution in [0.25, 0.3) is 10.8 Å². The number of halogens is 1. The molecule has 0 bridgehead atoms. The van der Waals surface area contributed by atoms with E-state index in [1.54, 1.807) is 0 Å². The van der Waals surface area contributed by atoms with Crippen LogP contribution in [-0.4, -0.2) is 5.91 Å². The largest absolute Gasteiger partial charge is 0.326 e. The molecule has 22 heavy (non-hydrogen) atoms. The van der Waals surface area contributed by atoms with Crippen LogP contribution in [0.3, 0.4) is 0 Å². The van der Waals surface area contributed by atoms with Gasteiger partial charge in [0, 0.05) is 16.6 Å². The van der Waals surface area contributed by atoms with Crippen LogP contribution >= 0.6 is 15.9 Å². The highest BCUT2D eigenvalue weighted by Crippen LogP contribution is 2.20. The van der Waals surface area contributed by atoms with Crippen LogP contribution in [0.2, 0.25) is 0 Å². The van der Waals surface area contributed by atoms with E-state index in [0.717, 1.165) is 16.6 Å². The number of hydrogen-bond donors (Lipinski definition) is 1. The fourth-order valence-electron chi connectivity index (χ4n) is 2.52. The van der Waals surface area contributed by atoms with Crippen LogP contribution in [0, 0.1) is 0 Å². The fraction of sp³-hybridized carbons (Fsp3) is 0.105. The average molecular weight is 354 g/mol. The van der Waals surface area contributed by atoms with Gasteiger partial charge in [-0.3, -0.25) is 4.79 Å². The molecule has 3 aromatic rings. The Kier molecular flexibility index (Phi) is 4.54. The number of amides is 1. The summed E-state index contributed by atoms with van der Waals surface area (Å²) in [6, 6.07) is 22.1. The van der Waals surface area contributed by atoms with Crippen LogP contribution in [0.1, 0.15) is 12.0 Å². The standard InChI is InChI=1S/C19H16BrNO/c20-16-9-11-17(12-10-16)21-19(22)13-8-15-6-3-5-14-4-1-2-7-18(14)15/h1-7,9-12H,8,13H2,(H,21,22). The summed E-state index contributed by atoms with van der Waals surface area (Å²) in [5, 5.41) is 5.37. The summed E-state index contributed by atoms with van der Waals surface area (Å²) in [5.41, 5.74) is 2.04. The molecule has 0 aromatic heterocycles. The maximum absolute atomic E-state index is 12.1. The van der Waals surface area contributed by atoms with Crippen molar-refractivity contribution in [3.8, 4) is 0 Å². The molecule has 0 aliphatic rings. The van der Waals surface area contributed by atoms with Crippen molar-refractivity contribution in [2.75, 3.05) is 5.32 Å². The van der Waals surface area contributed by atoms with E-state index in [4.69, 9.17) is 0 Å². The Morgan fingerprint density at radius 3 is 2.45 bits per heavy atom. The van der Waals surface area contributed by atoms with Gasteiger partial charge in [0.2, 0.25) is 5.91 Å². The molecule has 0 atom stereocenters. The molecule has 3 rings (SSSR count). The van der Waals surface area contributed by atoms with Crippen LogP contribution in [0.5, 0.6) is 0 Å². The van der Waals surface area contributed by atoms with E-state index in [1.807, 2.05) is 42.5 Å². The van der Waals surface area contributed by atoms with Crippen molar-refractivity contribution < 1.29 is 4.79 Å². The summed E-state index contributed by atoms with van der Waals surface area (Å²) in [7, 11) is 0. The zero-order chi connectivity index (χ0) is 15.4. The second kappa shape index (κ2) is 6.75. The molecular weight excluding hydrogens is 338 g/mol. The van der Waals surface area contributed by atoms with Gasteiger partial charge in [-0.1, -0.05) is 58.4 Å². The van der Waals surface area contributed by atoms with Crippen LogP contribution in [-0.2, 0) is 11.2 Å². The number of carbonyl (C=O) groups excluding carboxylic acids is 1. The van der Waals surface area contributed by atoms with Crippen LogP contribution in [0.4, 0.5) is 5.69 Å². The second-order valence-electron chi connectivity index (χ2n) is 5.19. The summed E-state index contributed by atoms with van der Waals surface area (Å²) < 4.78 is 1.00. The highest BCUT2D eigenvalue weighted by molar-refractivity contribution is 9.10. The highest BCUT2D eigenvalue weighted by Gasteiger charge is 2.05. The summed E-state index contributed by atoms with van der Waals surface area (Å²) in [5.74, 6) is 0.0373. The third-order valence-corrected chi connectivity index (χ3v) is 4.16. The number of fused-ring (bicyclic) bond motifs is 1. The summed E-state index contributed by atoms with van der Waals surface area (Å²) in [6.07, 6.45) is 1.22. The molecule has 0 heterocycles. The Morgan fingerprint density at radius 2 is 1.64 bits per heavy atom. The van der Waals surface area contributed by atoms with Crippen molar-refractivity contribution >= 4 is 38.3 Å². The van der Waals surface area contributed by atoms with Gasteiger partial charge in [0.25, 0.3) is 0 Å². The van der Waals surface area contributed by atoms with Crippen molar-refractivity contribution in [1.82, 2.24) is 0 Å². The molecule has 1 amide bonds. The van der Waals surface area contributed by atoms with E-state index in [9.17, 15) is 4.79 Å². The topological polar surface area (TPSA) is 29.1 Å². The van der Waals surface area contributed by atoms with Crippen molar-refractivity contribution in [3.63, 3.8) is 0 Å². The molecule has 0 aliphatic carbocycles. The van der Waals surface area contributed by atoms with Crippen LogP contribution < -0.4 is 5.32 Å². The average Bonchev–Trinajstić information content (AvgIpc) is 2.55. The zero-order valence-electron chi connectivity index (χ0n) is 12.1. The van der Waals surface area contributed by atoms with Crippen molar-refractivity contribution in [2.24, 2.45) is 0 Å². The predicted molar refractivity (Wildman–Crippen MR) is 95.0 cm³/mol. The molecule has 0 fully saturated rings. The van der Waals surface area contributed by atoms with Gasteiger partial charge in [0.05, 0.1) is 0 Å². The molecule has 0 unspecified atom stereocenters. The van der Waals surface area contributed by atoms with Gasteiger partial charge in [-0.25, -0.2) is 0 Å². The number of rotatable bonds is 4. The third-order valence-electron chi connectivity index (χ3n) is 3.63. The second-order valence-corrected chi connectivity index (χ2v) is 6.11. The lowest BCUT2D eigenvalue weighted by Crippen LogP contribution is -2.12. The first kappa shape index (κ1) is 14.8. The van der Waals surface area contributed by atoms with Crippen LogP contribution in [0.15, 0.2) is 71.2 Å². The lowest BCUT2D eigenvalue weighted by atomic mass is 10.0. The summed E-state index contributed by atoms with van der Waals surface area (Å²) in [6.45, 7) is 0. The summed E-state index contributed by atoms with van der Waals surface area (Å²) >= 11 is 3.38. The lowest BCUT2D eigenvalue weighted by molar-refractivity contribution is -0.116. The number of anilines is 1. The number of carbonyl (C=O) groups is 1. The molecule has 0 saturated carbocycles. The Balaban J connectivity index is 1.66. The zero-order valence-corrected chi connectivity index (χ0v) is 13.6. The quantitative estimate of drug-likeness (QED) is 0.688. The molecule has 0 aliphatic heterocycles. The molecule has 3 heteroatoms. The molecule has 110 valence electrons. The van der Waals surface area contributed by atoms with E-state index >= 15 is 0 Å². The van der Waals surface area contributed by atoms with Crippen molar-refractivity contribution in [1.29, 1.82) is 0 Å². The number of aryl methyl sites for hydroxylation is 1. The van der Waals surface area contributed by atoms with E-state index in [-0.39, 0.29) is 5.91 Å². The maximum atomic E-state index is 12.1. The number of hydrogen-bond acceptors (Lipinski definition) is 1. The van der Waals surface area contributed by atoms with Gasteiger partial charge in [-0.15, -0.1) is 0 Å². The molecule has 2 nitrogen and oxygen atoms in total. The minimum Gasteiger partial charge on any atom is -0.326 e. The molecule has 0 radical (unpaired) electrons. The van der Waals surface area contributed by atoms with Gasteiger partial charge >= 0.3 is 0 Å². The minimum atomic E-state index is 0.0373. The monoisotopic (exact) mass is 353 g/mol. The van der Waals surface area contributed by atoms with Crippen molar-refractivity contribution in [2.45, 2.75) is 12.8 Å². The van der Waals surface area contributed by atoms with Gasteiger partial charge in [0.1, 0.15) is 0 Å². The van der Waals surface area contributed by atoms with Gasteiger partial charge < -0.3 is 5.32 Å². The third kappa shape index (κ3) is 3.55. The Hall–Kier alpha value is -2.13. The molecular formula is C19H16BrNO. The minimum absolute atomic E-state index is 0.0373. The smallest absolute Gasteiger partial charge is 0.224 e. The van der Waals surface area contributed by atoms with Gasteiger partial charge in [0.15, 0.2) is 0 Å². The van der Waals surface area contributed by atoms with E-state index < -0.39 is 0 Å². The fourth-order valence-corrected chi connectivity index (χ4v) is 2.78. The molecule has 3 aromatic carbocycles.